The Bertz CT molecular complexity index is 873. The molecular weight excluding hydrogens is 348 g/mol. The van der Waals surface area contributed by atoms with Crippen LogP contribution in [0.1, 0.15) is 45.4 Å². The largest absolute Gasteiger partial charge is 0.327 e. The van der Waals surface area contributed by atoms with Crippen LogP contribution in [-0.4, -0.2) is 53.9 Å². The van der Waals surface area contributed by atoms with Crippen LogP contribution >= 0.6 is 0 Å². The number of rotatable bonds is 6. The standard InChI is InChI=1S/C19H30N4O2S/c1-5-15-9-7-8-12-22(15)14-19-20-17-13-16(26(24,25)21(3)4)10-11-18(17)23(19)6-2/h10-11,13,15H,5-9,12,14H2,1-4H3/t15-/m1/s1. The van der Waals surface area contributed by atoms with E-state index in [1.165, 1.54) is 23.6 Å². The zero-order valence-corrected chi connectivity index (χ0v) is 17.1. The number of aryl methyl sites for hydroxylation is 1. The van der Waals surface area contributed by atoms with Gasteiger partial charge in [0.05, 0.1) is 22.5 Å². The first-order chi connectivity index (χ1) is 12.4. The van der Waals surface area contributed by atoms with Crippen LogP contribution in [0.5, 0.6) is 0 Å². The number of likely N-dealkylation sites (tertiary alicyclic amines) is 1. The third-order valence-electron chi connectivity index (χ3n) is 5.46. The average Bonchev–Trinajstić information content (AvgIpc) is 2.98. The number of sulfonamides is 1. The van der Waals surface area contributed by atoms with Gasteiger partial charge in [-0.25, -0.2) is 17.7 Å². The first kappa shape index (κ1) is 19.3. The monoisotopic (exact) mass is 378 g/mol. The van der Waals surface area contributed by atoms with Gasteiger partial charge in [-0.1, -0.05) is 13.3 Å². The Morgan fingerprint density at radius 3 is 2.65 bits per heavy atom. The van der Waals surface area contributed by atoms with Crippen LogP contribution in [0.3, 0.4) is 0 Å². The van der Waals surface area contributed by atoms with Crippen LogP contribution in [-0.2, 0) is 23.1 Å². The number of fused-ring (bicyclic) bond motifs is 1. The van der Waals surface area contributed by atoms with Gasteiger partial charge in [-0.15, -0.1) is 0 Å². The lowest BCUT2D eigenvalue weighted by molar-refractivity contribution is 0.131. The molecule has 1 aliphatic heterocycles. The van der Waals surface area contributed by atoms with Crippen molar-refractivity contribution in [2.75, 3.05) is 20.6 Å². The quantitative estimate of drug-likeness (QED) is 0.775. The van der Waals surface area contributed by atoms with E-state index in [0.29, 0.717) is 10.9 Å². The van der Waals surface area contributed by atoms with Gasteiger partial charge in [0.1, 0.15) is 5.82 Å². The van der Waals surface area contributed by atoms with Gasteiger partial charge in [-0.05, 0) is 50.9 Å². The van der Waals surface area contributed by atoms with Crippen molar-refractivity contribution in [3.05, 3.63) is 24.0 Å². The highest BCUT2D eigenvalue weighted by atomic mass is 32.2. The summed E-state index contributed by atoms with van der Waals surface area (Å²) in [5, 5.41) is 0. The Kier molecular flexibility index (Phi) is 5.69. The Labute approximate surface area is 156 Å². The smallest absolute Gasteiger partial charge is 0.242 e. The Balaban J connectivity index is 1.98. The van der Waals surface area contributed by atoms with Crippen molar-refractivity contribution in [3.8, 4) is 0 Å². The molecule has 26 heavy (non-hydrogen) atoms. The van der Waals surface area contributed by atoms with Gasteiger partial charge < -0.3 is 4.57 Å². The molecule has 0 bridgehead atoms. The van der Waals surface area contributed by atoms with Crippen molar-refractivity contribution in [2.24, 2.45) is 0 Å². The van der Waals surface area contributed by atoms with E-state index in [-0.39, 0.29) is 0 Å². The number of benzene rings is 1. The van der Waals surface area contributed by atoms with E-state index in [0.717, 1.165) is 42.9 Å². The van der Waals surface area contributed by atoms with Crippen LogP contribution in [0.2, 0.25) is 0 Å². The third kappa shape index (κ3) is 3.52. The van der Waals surface area contributed by atoms with Crippen LogP contribution in [0.25, 0.3) is 11.0 Å². The topological polar surface area (TPSA) is 58.4 Å². The van der Waals surface area contributed by atoms with Crippen LogP contribution in [0.15, 0.2) is 23.1 Å². The highest BCUT2D eigenvalue weighted by molar-refractivity contribution is 7.89. The van der Waals surface area contributed by atoms with Crippen molar-refractivity contribution >= 4 is 21.1 Å². The summed E-state index contributed by atoms with van der Waals surface area (Å²) >= 11 is 0. The maximum Gasteiger partial charge on any atom is 0.242 e. The van der Waals surface area contributed by atoms with Crippen molar-refractivity contribution in [1.29, 1.82) is 0 Å². The van der Waals surface area contributed by atoms with Crippen LogP contribution in [0.4, 0.5) is 0 Å². The third-order valence-corrected chi connectivity index (χ3v) is 7.27. The number of imidazole rings is 1. The van der Waals surface area contributed by atoms with Gasteiger partial charge in [0.15, 0.2) is 0 Å². The molecule has 2 aromatic rings. The van der Waals surface area contributed by atoms with E-state index in [1.807, 2.05) is 6.07 Å². The fourth-order valence-corrected chi connectivity index (χ4v) is 4.84. The summed E-state index contributed by atoms with van der Waals surface area (Å²) in [6, 6.07) is 5.90. The predicted octanol–water partition coefficient (Wildman–Crippen LogP) is 3.07. The summed E-state index contributed by atoms with van der Waals surface area (Å²) in [5.41, 5.74) is 1.76. The highest BCUT2D eigenvalue weighted by Crippen LogP contribution is 2.25. The summed E-state index contributed by atoms with van der Waals surface area (Å²) in [7, 11) is -0.340. The second-order valence-corrected chi connectivity index (χ2v) is 9.39. The van der Waals surface area contributed by atoms with E-state index >= 15 is 0 Å². The van der Waals surface area contributed by atoms with E-state index in [4.69, 9.17) is 4.98 Å². The lowest BCUT2D eigenvalue weighted by Crippen LogP contribution is -2.39. The fourth-order valence-electron chi connectivity index (χ4n) is 3.92. The van der Waals surface area contributed by atoms with Crippen LogP contribution < -0.4 is 0 Å². The predicted molar refractivity (Wildman–Crippen MR) is 105 cm³/mol. The van der Waals surface area contributed by atoms with Crippen molar-refractivity contribution < 1.29 is 8.42 Å². The number of piperidine rings is 1. The van der Waals surface area contributed by atoms with Gasteiger partial charge in [-0.2, -0.15) is 0 Å². The minimum atomic E-state index is -3.44. The van der Waals surface area contributed by atoms with E-state index < -0.39 is 10.0 Å². The molecule has 1 aromatic carbocycles. The van der Waals surface area contributed by atoms with Crippen molar-refractivity contribution in [3.63, 3.8) is 0 Å². The molecule has 1 fully saturated rings. The second-order valence-electron chi connectivity index (χ2n) is 7.24. The molecule has 0 N–H and O–H groups in total. The van der Waals surface area contributed by atoms with E-state index in [2.05, 4.69) is 23.3 Å². The van der Waals surface area contributed by atoms with E-state index in [9.17, 15) is 8.42 Å². The molecule has 2 heterocycles. The fraction of sp³-hybridized carbons (Fsp3) is 0.632. The number of hydrogen-bond acceptors (Lipinski definition) is 4. The summed E-state index contributed by atoms with van der Waals surface area (Å²) in [6.07, 6.45) is 4.98. The summed E-state index contributed by atoms with van der Waals surface area (Å²) in [5.74, 6) is 1.03. The van der Waals surface area contributed by atoms with Crippen molar-refractivity contribution in [2.45, 2.75) is 63.6 Å². The normalized spacial score (nSPS) is 19.5. The average molecular weight is 379 g/mol. The maximum atomic E-state index is 12.4. The molecule has 1 aromatic heterocycles. The number of nitrogens with zero attached hydrogens (tertiary/aromatic N) is 4. The molecule has 0 aliphatic carbocycles. The highest BCUT2D eigenvalue weighted by Gasteiger charge is 2.24. The molecule has 0 amide bonds. The Hall–Kier alpha value is -1.44. The molecule has 0 saturated carbocycles. The maximum absolute atomic E-state index is 12.4. The van der Waals surface area contributed by atoms with Gasteiger partial charge in [0, 0.05) is 26.7 Å². The first-order valence-electron chi connectivity index (χ1n) is 9.54. The molecule has 0 spiro atoms. The Morgan fingerprint density at radius 1 is 1.23 bits per heavy atom. The molecule has 0 unspecified atom stereocenters. The summed E-state index contributed by atoms with van der Waals surface area (Å²) in [4.78, 5) is 7.65. The molecular formula is C19H30N4O2S. The van der Waals surface area contributed by atoms with E-state index in [1.54, 1.807) is 26.2 Å². The summed E-state index contributed by atoms with van der Waals surface area (Å²) in [6.45, 7) is 7.14. The molecule has 7 heteroatoms. The van der Waals surface area contributed by atoms with Crippen molar-refractivity contribution in [1.82, 2.24) is 18.8 Å². The molecule has 3 rings (SSSR count). The first-order valence-corrected chi connectivity index (χ1v) is 11.0. The van der Waals surface area contributed by atoms with Gasteiger partial charge >= 0.3 is 0 Å². The lowest BCUT2D eigenvalue weighted by Gasteiger charge is -2.34. The second kappa shape index (κ2) is 7.66. The number of hydrogen-bond donors (Lipinski definition) is 0. The molecule has 6 nitrogen and oxygen atoms in total. The minimum absolute atomic E-state index is 0.298. The SMILES string of the molecule is CC[C@@H]1CCCCN1Cc1nc2cc(S(=O)(=O)N(C)C)ccc2n1CC. The summed E-state index contributed by atoms with van der Waals surface area (Å²) < 4.78 is 28.3. The zero-order chi connectivity index (χ0) is 18.9. The van der Waals surface area contributed by atoms with Gasteiger partial charge in [-0.3, -0.25) is 4.90 Å². The van der Waals surface area contributed by atoms with Gasteiger partial charge in [0.2, 0.25) is 10.0 Å². The van der Waals surface area contributed by atoms with Crippen LogP contribution in [0, 0.1) is 0 Å². The molecule has 144 valence electrons. The molecule has 1 saturated heterocycles. The lowest BCUT2D eigenvalue weighted by atomic mass is 10.0. The zero-order valence-electron chi connectivity index (χ0n) is 16.3. The Morgan fingerprint density at radius 2 is 2.00 bits per heavy atom. The number of aromatic nitrogens is 2. The molecule has 0 radical (unpaired) electrons. The minimum Gasteiger partial charge on any atom is -0.327 e. The molecule has 1 atom stereocenters. The van der Waals surface area contributed by atoms with Gasteiger partial charge in [0.25, 0.3) is 0 Å². The molecule has 1 aliphatic rings.